The van der Waals surface area contributed by atoms with E-state index in [0.29, 0.717) is 24.1 Å². The Morgan fingerprint density at radius 1 is 1.37 bits per heavy atom. The Labute approximate surface area is 111 Å². The molecule has 5 nitrogen and oxygen atoms in total. The van der Waals surface area contributed by atoms with E-state index in [2.05, 4.69) is 10.3 Å². The summed E-state index contributed by atoms with van der Waals surface area (Å²) in [6, 6.07) is 5.38. The largest absolute Gasteiger partial charge is 0.417 e. The highest BCUT2D eigenvalue weighted by atomic mass is 16.4. The Kier molecular flexibility index (Phi) is 3.46. The van der Waals surface area contributed by atoms with E-state index in [-0.39, 0.29) is 11.3 Å². The van der Waals surface area contributed by atoms with Crippen molar-refractivity contribution >= 4 is 17.0 Å². The average Bonchev–Trinajstić information content (AvgIpc) is 2.63. The molecule has 0 aliphatic carbocycles. The lowest BCUT2D eigenvalue weighted by Gasteiger charge is -2.17. The van der Waals surface area contributed by atoms with Crippen molar-refractivity contribution in [2.75, 3.05) is 0 Å². The number of aromatic nitrogens is 1. The van der Waals surface area contributed by atoms with E-state index in [9.17, 15) is 9.59 Å². The molecule has 2 aromatic rings. The fourth-order valence-corrected chi connectivity index (χ4v) is 1.84. The standard InChI is InChI=1S/C14H18N2O3/c1-14(2,3)7-12(17)15-8-9-4-5-10-11(6-9)19-13(18)16-10/h4-6H,7-8H2,1-3H3,(H,15,17)(H,16,18). The molecule has 0 radical (unpaired) electrons. The third-order valence-corrected chi connectivity index (χ3v) is 2.67. The molecule has 1 aromatic heterocycles. The van der Waals surface area contributed by atoms with Crippen LogP contribution in [0.15, 0.2) is 27.4 Å². The first-order chi connectivity index (χ1) is 8.83. The number of rotatable bonds is 3. The molecule has 0 aliphatic heterocycles. The summed E-state index contributed by atoms with van der Waals surface area (Å²) in [5, 5.41) is 2.86. The Balaban J connectivity index is 2.01. The molecule has 0 unspecified atom stereocenters. The van der Waals surface area contributed by atoms with Gasteiger partial charge in [-0.25, -0.2) is 4.79 Å². The first-order valence-corrected chi connectivity index (χ1v) is 6.22. The van der Waals surface area contributed by atoms with Gasteiger partial charge >= 0.3 is 5.76 Å². The van der Waals surface area contributed by atoms with Crippen molar-refractivity contribution in [1.82, 2.24) is 10.3 Å². The lowest BCUT2D eigenvalue weighted by atomic mass is 9.92. The van der Waals surface area contributed by atoms with E-state index in [4.69, 9.17) is 4.42 Å². The molecular formula is C14H18N2O3. The van der Waals surface area contributed by atoms with Crippen molar-refractivity contribution < 1.29 is 9.21 Å². The Morgan fingerprint density at radius 3 is 2.79 bits per heavy atom. The van der Waals surface area contributed by atoms with Crippen LogP contribution < -0.4 is 11.1 Å². The highest BCUT2D eigenvalue weighted by molar-refractivity contribution is 5.77. The van der Waals surface area contributed by atoms with E-state index < -0.39 is 5.76 Å². The van der Waals surface area contributed by atoms with Gasteiger partial charge in [-0.3, -0.25) is 9.78 Å². The number of oxazole rings is 1. The molecule has 0 spiro atoms. The van der Waals surface area contributed by atoms with E-state index in [1.54, 1.807) is 12.1 Å². The molecule has 19 heavy (non-hydrogen) atoms. The number of fused-ring (bicyclic) bond motifs is 1. The maximum absolute atomic E-state index is 11.7. The summed E-state index contributed by atoms with van der Waals surface area (Å²) in [5.74, 6) is -0.452. The molecule has 0 aliphatic rings. The topological polar surface area (TPSA) is 75.1 Å². The molecule has 0 saturated heterocycles. The van der Waals surface area contributed by atoms with Crippen molar-refractivity contribution in [2.24, 2.45) is 5.41 Å². The second-order valence-electron chi connectivity index (χ2n) is 5.86. The van der Waals surface area contributed by atoms with Crippen LogP contribution in [0.1, 0.15) is 32.8 Å². The highest BCUT2D eigenvalue weighted by Crippen LogP contribution is 2.18. The predicted molar refractivity (Wildman–Crippen MR) is 72.8 cm³/mol. The average molecular weight is 262 g/mol. The van der Waals surface area contributed by atoms with Gasteiger partial charge in [0.15, 0.2) is 5.58 Å². The SMILES string of the molecule is CC(C)(C)CC(=O)NCc1ccc2[nH]c(=O)oc2c1. The third-order valence-electron chi connectivity index (χ3n) is 2.67. The zero-order valence-electron chi connectivity index (χ0n) is 11.4. The molecule has 102 valence electrons. The summed E-state index contributed by atoms with van der Waals surface area (Å²) in [5.41, 5.74) is 2.04. The second-order valence-corrected chi connectivity index (χ2v) is 5.86. The number of hydrogen-bond donors (Lipinski definition) is 2. The van der Waals surface area contributed by atoms with Crippen LogP contribution in [0.2, 0.25) is 0 Å². The Bertz CT molecular complexity index is 646. The van der Waals surface area contributed by atoms with Gasteiger partial charge in [0.2, 0.25) is 5.91 Å². The van der Waals surface area contributed by atoms with E-state index in [1.165, 1.54) is 0 Å². The predicted octanol–water partition coefficient (Wildman–Crippen LogP) is 2.17. The van der Waals surface area contributed by atoms with Gasteiger partial charge < -0.3 is 9.73 Å². The van der Waals surface area contributed by atoms with Gasteiger partial charge in [0.25, 0.3) is 0 Å². The van der Waals surface area contributed by atoms with Crippen LogP contribution in [0.4, 0.5) is 0 Å². The van der Waals surface area contributed by atoms with Crippen LogP contribution in [0.25, 0.3) is 11.1 Å². The van der Waals surface area contributed by atoms with Gasteiger partial charge in [0.05, 0.1) is 5.52 Å². The smallest absolute Gasteiger partial charge is 0.408 e. The monoisotopic (exact) mass is 262 g/mol. The molecule has 1 heterocycles. The first-order valence-electron chi connectivity index (χ1n) is 6.22. The molecule has 0 bridgehead atoms. The maximum Gasteiger partial charge on any atom is 0.417 e. The molecule has 0 fully saturated rings. The quantitative estimate of drug-likeness (QED) is 0.890. The van der Waals surface area contributed by atoms with Crippen LogP contribution in [0.3, 0.4) is 0 Å². The second kappa shape index (κ2) is 4.91. The minimum Gasteiger partial charge on any atom is -0.408 e. The highest BCUT2D eigenvalue weighted by Gasteiger charge is 2.15. The lowest BCUT2D eigenvalue weighted by Crippen LogP contribution is -2.27. The molecule has 2 N–H and O–H groups in total. The number of amides is 1. The fourth-order valence-electron chi connectivity index (χ4n) is 1.84. The number of carbonyl (C=O) groups is 1. The molecule has 0 saturated carbocycles. The number of benzene rings is 1. The van der Waals surface area contributed by atoms with Crippen molar-refractivity contribution in [3.8, 4) is 0 Å². The molecule has 5 heteroatoms. The number of aromatic amines is 1. The van der Waals surface area contributed by atoms with Crippen molar-refractivity contribution in [3.63, 3.8) is 0 Å². The van der Waals surface area contributed by atoms with Crippen LogP contribution in [-0.4, -0.2) is 10.9 Å². The molecule has 2 rings (SSSR count). The molecule has 1 aromatic carbocycles. The van der Waals surface area contributed by atoms with Crippen LogP contribution in [0, 0.1) is 5.41 Å². The summed E-state index contributed by atoms with van der Waals surface area (Å²) in [6.07, 6.45) is 0.481. The van der Waals surface area contributed by atoms with E-state index in [1.807, 2.05) is 26.8 Å². The Morgan fingerprint density at radius 2 is 2.11 bits per heavy atom. The van der Waals surface area contributed by atoms with E-state index >= 15 is 0 Å². The fraction of sp³-hybridized carbons (Fsp3) is 0.429. The normalized spacial score (nSPS) is 11.7. The Hall–Kier alpha value is -2.04. The third kappa shape index (κ3) is 3.71. The zero-order valence-corrected chi connectivity index (χ0v) is 11.4. The van der Waals surface area contributed by atoms with Gasteiger partial charge in [0.1, 0.15) is 0 Å². The number of hydrogen-bond acceptors (Lipinski definition) is 3. The lowest BCUT2D eigenvalue weighted by molar-refractivity contribution is -0.122. The molecular weight excluding hydrogens is 244 g/mol. The van der Waals surface area contributed by atoms with Gasteiger partial charge in [0, 0.05) is 13.0 Å². The van der Waals surface area contributed by atoms with Crippen LogP contribution in [-0.2, 0) is 11.3 Å². The minimum atomic E-state index is -0.469. The van der Waals surface area contributed by atoms with E-state index in [0.717, 1.165) is 5.56 Å². The number of carbonyl (C=O) groups excluding carboxylic acids is 1. The van der Waals surface area contributed by atoms with Crippen molar-refractivity contribution in [1.29, 1.82) is 0 Å². The zero-order chi connectivity index (χ0) is 14.0. The minimum absolute atomic E-state index is 0.0168. The molecule has 0 atom stereocenters. The molecule has 1 amide bonds. The summed E-state index contributed by atoms with van der Waals surface area (Å²) >= 11 is 0. The van der Waals surface area contributed by atoms with Crippen molar-refractivity contribution in [3.05, 3.63) is 34.3 Å². The first kappa shape index (κ1) is 13.4. The summed E-state index contributed by atoms with van der Waals surface area (Å²) in [6.45, 7) is 6.49. The van der Waals surface area contributed by atoms with Crippen molar-refractivity contribution in [2.45, 2.75) is 33.7 Å². The van der Waals surface area contributed by atoms with Gasteiger partial charge in [-0.05, 0) is 23.1 Å². The van der Waals surface area contributed by atoms with Gasteiger partial charge in [-0.2, -0.15) is 0 Å². The van der Waals surface area contributed by atoms with Gasteiger partial charge in [-0.1, -0.05) is 26.8 Å². The maximum atomic E-state index is 11.7. The number of nitrogens with one attached hydrogen (secondary N) is 2. The summed E-state index contributed by atoms with van der Waals surface area (Å²) in [7, 11) is 0. The number of H-pyrrole nitrogens is 1. The summed E-state index contributed by atoms with van der Waals surface area (Å²) in [4.78, 5) is 25.3. The summed E-state index contributed by atoms with van der Waals surface area (Å²) < 4.78 is 4.97. The van der Waals surface area contributed by atoms with Crippen LogP contribution in [0.5, 0.6) is 0 Å². The van der Waals surface area contributed by atoms with Gasteiger partial charge in [-0.15, -0.1) is 0 Å². The van der Waals surface area contributed by atoms with Crippen LogP contribution >= 0.6 is 0 Å².